The van der Waals surface area contributed by atoms with E-state index in [-0.39, 0.29) is 23.7 Å². The fourth-order valence-corrected chi connectivity index (χ4v) is 6.86. The fraction of sp³-hybridized carbons (Fsp3) is 0.294. The van der Waals surface area contributed by atoms with Crippen molar-refractivity contribution < 1.29 is 19.1 Å². The van der Waals surface area contributed by atoms with E-state index in [0.717, 1.165) is 0 Å². The molecule has 0 spiro atoms. The van der Waals surface area contributed by atoms with Gasteiger partial charge in [0.15, 0.2) is 0 Å². The summed E-state index contributed by atoms with van der Waals surface area (Å²) in [6.07, 6.45) is 11.2. The van der Waals surface area contributed by atoms with Gasteiger partial charge in [0.05, 0.1) is 46.6 Å². The molecule has 5 aliphatic rings. The molecule has 0 saturated heterocycles. The van der Waals surface area contributed by atoms with Crippen LogP contribution in [0.25, 0.3) is 11.4 Å². The summed E-state index contributed by atoms with van der Waals surface area (Å²) >= 11 is 0. The van der Waals surface area contributed by atoms with Crippen molar-refractivity contribution in [2.75, 3.05) is 0 Å². The van der Waals surface area contributed by atoms with Crippen molar-refractivity contribution >= 4 is 23.2 Å². The third-order valence-corrected chi connectivity index (χ3v) is 8.60. The molecule has 208 valence electrons. The third kappa shape index (κ3) is 3.79. The molecule has 1 fully saturated rings. The van der Waals surface area contributed by atoms with Crippen LogP contribution in [0.5, 0.6) is 11.5 Å². The molecular formula is C34H28N4O4. The second kappa shape index (κ2) is 8.71. The number of allylic oxidation sites excluding steroid dienone is 1. The van der Waals surface area contributed by atoms with Crippen LogP contribution in [0.3, 0.4) is 0 Å². The molecule has 0 aromatic heterocycles. The van der Waals surface area contributed by atoms with Crippen LogP contribution >= 0.6 is 0 Å². The first-order valence-electron chi connectivity index (χ1n) is 14.0. The van der Waals surface area contributed by atoms with Gasteiger partial charge in [-0.1, -0.05) is 12.2 Å². The van der Waals surface area contributed by atoms with Crippen LogP contribution < -0.4 is 9.47 Å². The summed E-state index contributed by atoms with van der Waals surface area (Å²) in [5.41, 5.74) is 2.16. The highest BCUT2D eigenvalue weighted by atomic mass is 16.5. The Morgan fingerprint density at radius 2 is 1.36 bits per heavy atom. The molecule has 0 N–H and O–H groups in total. The largest absolute Gasteiger partial charge is 0.483 e. The first-order chi connectivity index (χ1) is 20.0. The van der Waals surface area contributed by atoms with Crippen molar-refractivity contribution in [2.24, 2.45) is 17.8 Å². The fourth-order valence-electron chi connectivity index (χ4n) is 6.86. The number of hydrogen-bond donors (Lipinski definition) is 0. The van der Waals surface area contributed by atoms with Gasteiger partial charge in [0.1, 0.15) is 22.7 Å². The molecule has 4 atom stereocenters. The number of rotatable bonds is 2. The third-order valence-electron chi connectivity index (χ3n) is 8.60. The van der Waals surface area contributed by atoms with Gasteiger partial charge < -0.3 is 14.4 Å². The highest BCUT2D eigenvalue weighted by Crippen LogP contribution is 2.54. The zero-order valence-corrected chi connectivity index (χ0v) is 23.7. The van der Waals surface area contributed by atoms with Crippen LogP contribution in [-0.2, 0) is 9.59 Å². The molecule has 42 heavy (non-hydrogen) atoms. The monoisotopic (exact) mass is 556 g/mol. The lowest BCUT2D eigenvalue weighted by molar-refractivity contribution is -0.149. The summed E-state index contributed by atoms with van der Waals surface area (Å²) in [6.45, 7) is 7.68. The summed E-state index contributed by atoms with van der Waals surface area (Å²) in [4.78, 5) is 31.4. The number of fused-ring (bicyclic) bond motifs is 6. The smallest absolute Gasteiger partial charge is 0.250 e. The molecule has 4 heterocycles. The first-order valence-corrected chi connectivity index (χ1v) is 14.0. The highest BCUT2D eigenvalue weighted by Gasteiger charge is 2.60. The number of nitriles is 2. The molecule has 2 aromatic carbocycles. The molecule has 0 bridgehead atoms. The van der Waals surface area contributed by atoms with E-state index in [1.807, 2.05) is 58.2 Å². The summed E-state index contributed by atoms with van der Waals surface area (Å²) in [5, 5.41) is 19.1. The Kier molecular flexibility index (Phi) is 5.36. The number of nitrogens with zero attached hydrogens (tertiary/aromatic N) is 4. The topological polar surface area (TPSA) is 107 Å². The van der Waals surface area contributed by atoms with Crippen molar-refractivity contribution in [1.82, 2.24) is 9.80 Å². The Morgan fingerprint density at radius 1 is 0.786 bits per heavy atom. The van der Waals surface area contributed by atoms with E-state index >= 15 is 0 Å². The van der Waals surface area contributed by atoms with Gasteiger partial charge in [0.25, 0.3) is 5.91 Å². The van der Waals surface area contributed by atoms with E-state index in [9.17, 15) is 20.1 Å². The van der Waals surface area contributed by atoms with Crippen LogP contribution in [0.2, 0.25) is 0 Å². The summed E-state index contributed by atoms with van der Waals surface area (Å²) in [6, 6.07) is 14.3. The van der Waals surface area contributed by atoms with E-state index in [4.69, 9.17) is 9.47 Å². The highest BCUT2D eigenvalue weighted by molar-refractivity contribution is 6.00. The maximum atomic E-state index is 14.4. The summed E-state index contributed by atoms with van der Waals surface area (Å²) in [7, 11) is 0. The van der Waals surface area contributed by atoms with Crippen LogP contribution in [0, 0.1) is 40.4 Å². The van der Waals surface area contributed by atoms with Crippen molar-refractivity contribution in [2.45, 2.75) is 44.9 Å². The predicted molar refractivity (Wildman–Crippen MR) is 154 cm³/mol. The maximum Gasteiger partial charge on any atom is 0.250 e. The van der Waals surface area contributed by atoms with Crippen LogP contribution in [-0.4, -0.2) is 38.9 Å². The van der Waals surface area contributed by atoms with E-state index in [1.54, 1.807) is 52.3 Å². The van der Waals surface area contributed by atoms with E-state index in [1.165, 1.54) is 0 Å². The SMILES string of the molecule is CC1(C)C=C(N2C=CC3C4C=CC(=O)N(C5=CC(C)(C)Oc6ccc(C#N)cc65)C4C3C2=O)c2cc(C#N)ccc2O1. The van der Waals surface area contributed by atoms with E-state index in [0.29, 0.717) is 45.1 Å². The van der Waals surface area contributed by atoms with Crippen LogP contribution in [0.15, 0.2) is 73.0 Å². The average molecular weight is 557 g/mol. The quantitative estimate of drug-likeness (QED) is 0.507. The molecule has 8 nitrogen and oxygen atoms in total. The molecule has 0 radical (unpaired) electrons. The van der Waals surface area contributed by atoms with Gasteiger partial charge in [-0.15, -0.1) is 0 Å². The minimum Gasteiger partial charge on any atom is -0.483 e. The lowest BCUT2D eigenvalue weighted by atomic mass is 9.57. The Morgan fingerprint density at radius 3 is 1.95 bits per heavy atom. The molecule has 2 aromatic rings. The molecule has 1 saturated carbocycles. The van der Waals surface area contributed by atoms with Crippen LogP contribution in [0.1, 0.15) is 49.9 Å². The van der Waals surface area contributed by atoms with Gasteiger partial charge in [-0.2, -0.15) is 10.5 Å². The first kappa shape index (κ1) is 25.9. The number of ether oxygens (including phenoxy) is 2. The zero-order valence-electron chi connectivity index (χ0n) is 23.7. The average Bonchev–Trinajstić information content (AvgIpc) is 2.93. The van der Waals surface area contributed by atoms with Gasteiger partial charge in [0, 0.05) is 29.2 Å². The van der Waals surface area contributed by atoms with Gasteiger partial charge in [0.2, 0.25) is 5.91 Å². The predicted octanol–water partition coefficient (Wildman–Crippen LogP) is 5.14. The molecule has 1 aliphatic carbocycles. The van der Waals surface area contributed by atoms with Crippen molar-refractivity contribution in [1.29, 1.82) is 10.5 Å². The Labute approximate surface area is 244 Å². The normalized spacial score (nSPS) is 27.4. The second-order valence-electron chi connectivity index (χ2n) is 12.4. The minimum absolute atomic E-state index is 0.0397. The molecule has 8 heteroatoms. The van der Waals surface area contributed by atoms with Crippen molar-refractivity contribution in [3.63, 3.8) is 0 Å². The van der Waals surface area contributed by atoms with Crippen LogP contribution in [0.4, 0.5) is 0 Å². The number of benzene rings is 2. The van der Waals surface area contributed by atoms with Gasteiger partial charge >= 0.3 is 0 Å². The van der Waals surface area contributed by atoms with E-state index in [2.05, 4.69) is 12.1 Å². The Bertz CT molecular complexity index is 1800. The minimum atomic E-state index is -0.709. The Balaban J connectivity index is 1.31. The number of hydrogen-bond acceptors (Lipinski definition) is 6. The number of carbonyl (C=O) groups is 2. The Hall–Kier alpha value is -5.08. The maximum absolute atomic E-state index is 14.4. The standard InChI is InChI=1S/C34H28N4O4/c1-33(2)15-25(23-13-19(17-35)5-8-27(23)41-33)37-12-11-21-22-7-10-29(39)38(31(22)30(21)32(37)40)26-16-34(3,4)42-28-9-6-20(18-36)14-24(26)28/h5-16,21-22,30-31H,1-4H3. The lowest BCUT2D eigenvalue weighted by Gasteiger charge is -2.58. The summed E-state index contributed by atoms with van der Waals surface area (Å²) < 4.78 is 12.3. The second-order valence-corrected chi connectivity index (χ2v) is 12.4. The molecular weight excluding hydrogens is 528 g/mol. The number of amides is 2. The summed E-state index contributed by atoms with van der Waals surface area (Å²) in [5.74, 6) is 0.260. The van der Waals surface area contributed by atoms with Gasteiger partial charge in [-0.25, -0.2) is 0 Å². The van der Waals surface area contributed by atoms with Gasteiger partial charge in [-0.05, 0) is 82.3 Å². The van der Waals surface area contributed by atoms with Crippen molar-refractivity contribution in [3.8, 4) is 23.6 Å². The molecule has 4 unspecified atom stereocenters. The van der Waals surface area contributed by atoms with Gasteiger partial charge in [-0.3, -0.25) is 14.5 Å². The molecule has 7 rings (SSSR count). The van der Waals surface area contributed by atoms with E-state index < -0.39 is 23.2 Å². The van der Waals surface area contributed by atoms with Crippen molar-refractivity contribution in [3.05, 3.63) is 95.2 Å². The zero-order chi connectivity index (χ0) is 29.6. The molecule has 2 amide bonds. The molecule has 4 aliphatic heterocycles. The number of carbonyl (C=O) groups excluding carboxylic acids is 2. The lowest BCUT2D eigenvalue weighted by Crippen LogP contribution is -2.66.